The summed E-state index contributed by atoms with van der Waals surface area (Å²) in [5.41, 5.74) is 0. The van der Waals surface area contributed by atoms with Gasteiger partial charge in [0.25, 0.3) is 0 Å². The third kappa shape index (κ3) is 5.35. The number of hydrogen-bond acceptors (Lipinski definition) is 4. The van der Waals surface area contributed by atoms with Crippen molar-refractivity contribution in [2.75, 3.05) is 18.5 Å². The molecule has 17 heavy (non-hydrogen) atoms. The van der Waals surface area contributed by atoms with E-state index in [0.717, 1.165) is 17.4 Å². The Morgan fingerprint density at radius 2 is 2.24 bits per heavy atom. The monoisotopic (exact) mass is 301 g/mol. The van der Waals surface area contributed by atoms with E-state index in [1.54, 1.807) is 6.20 Å². The minimum atomic E-state index is 0.606. The highest BCUT2D eigenvalue weighted by Crippen LogP contribution is 2.22. The number of rotatable bonds is 7. The molecular weight excluding hydrogens is 282 g/mol. The van der Waals surface area contributed by atoms with Gasteiger partial charge in [0.2, 0.25) is 11.8 Å². The molecule has 0 radical (unpaired) electrons. The Kier molecular flexibility index (Phi) is 6.26. The molecule has 0 bridgehead atoms. The fourth-order valence-corrected chi connectivity index (χ4v) is 1.66. The van der Waals surface area contributed by atoms with Gasteiger partial charge in [0.1, 0.15) is 0 Å². The Bertz CT molecular complexity index is 345. The first kappa shape index (κ1) is 14.2. The highest BCUT2D eigenvalue weighted by Gasteiger charge is 2.05. The van der Waals surface area contributed by atoms with E-state index in [2.05, 4.69) is 45.1 Å². The zero-order chi connectivity index (χ0) is 12.7. The van der Waals surface area contributed by atoms with E-state index < -0.39 is 0 Å². The quantitative estimate of drug-likeness (QED) is 0.783. The Hall–Kier alpha value is -0.840. The zero-order valence-electron chi connectivity index (χ0n) is 10.7. The summed E-state index contributed by atoms with van der Waals surface area (Å²) in [7, 11) is 0. The van der Waals surface area contributed by atoms with Crippen LogP contribution < -0.4 is 10.1 Å². The van der Waals surface area contributed by atoms with Crippen LogP contribution in [0.1, 0.15) is 33.6 Å². The molecule has 0 aromatic carbocycles. The molecule has 0 unspecified atom stereocenters. The molecule has 5 heteroatoms. The van der Waals surface area contributed by atoms with Crippen molar-refractivity contribution in [3.05, 3.63) is 10.7 Å². The van der Waals surface area contributed by atoms with E-state index in [4.69, 9.17) is 4.74 Å². The van der Waals surface area contributed by atoms with Crippen molar-refractivity contribution in [2.45, 2.75) is 33.6 Å². The van der Waals surface area contributed by atoms with Crippen LogP contribution in [0.5, 0.6) is 5.88 Å². The van der Waals surface area contributed by atoms with Crippen molar-refractivity contribution in [3.8, 4) is 5.88 Å². The normalized spacial score (nSPS) is 10.6. The zero-order valence-corrected chi connectivity index (χ0v) is 12.2. The maximum absolute atomic E-state index is 5.64. The second-order valence-electron chi connectivity index (χ2n) is 4.26. The number of hydrogen-bond donors (Lipinski definition) is 1. The van der Waals surface area contributed by atoms with Crippen molar-refractivity contribution in [1.29, 1.82) is 0 Å². The van der Waals surface area contributed by atoms with E-state index in [1.165, 1.54) is 6.42 Å². The number of ether oxygens (including phenoxy) is 1. The number of anilines is 1. The molecule has 0 aliphatic carbocycles. The highest BCUT2D eigenvalue weighted by molar-refractivity contribution is 9.10. The van der Waals surface area contributed by atoms with E-state index in [0.29, 0.717) is 24.4 Å². The Balaban J connectivity index is 2.48. The Morgan fingerprint density at radius 3 is 2.88 bits per heavy atom. The smallest absolute Gasteiger partial charge is 0.232 e. The summed E-state index contributed by atoms with van der Waals surface area (Å²) in [4.78, 5) is 8.42. The van der Waals surface area contributed by atoms with Crippen molar-refractivity contribution in [3.63, 3.8) is 0 Å². The second kappa shape index (κ2) is 7.48. The van der Waals surface area contributed by atoms with Gasteiger partial charge in [-0.25, -0.2) is 4.98 Å². The predicted molar refractivity (Wildman–Crippen MR) is 73.5 cm³/mol. The standard InChI is InChI=1S/C12H20BrN3O/c1-4-14-12-15-8-10(13)11(16-12)17-7-5-6-9(2)3/h8-9H,4-7H2,1-3H3,(H,14,15,16). The van der Waals surface area contributed by atoms with Crippen LogP contribution in [0.25, 0.3) is 0 Å². The predicted octanol–water partition coefficient (Wildman–Crippen LogP) is 3.49. The first-order valence-electron chi connectivity index (χ1n) is 6.02. The van der Waals surface area contributed by atoms with Crippen LogP contribution in [0.2, 0.25) is 0 Å². The fourth-order valence-electron chi connectivity index (χ4n) is 1.36. The summed E-state index contributed by atoms with van der Waals surface area (Å²) in [5.74, 6) is 1.93. The fraction of sp³-hybridized carbons (Fsp3) is 0.667. The average molecular weight is 302 g/mol. The molecule has 0 saturated carbocycles. The summed E-state index contributed by atoms with van der Waals surface area (Å²) in [5, 5.41) is 3.06. The van der Waals surface area contributed by atoms with E-state index >= 15 is 0 Å². The van der Waals surface area contributed by atoms with Crippen LogP contribution >= 0.6 is 15.9 Å². The van der Waals surface area contributed by atoms with E-state index in [-0.39, 0.29) is 0 Å². The second-order valence-corrected chi connectivity index (χ2v) is 5.12. The molecule has 0 atom stereocenters. The lowest BCUT2D eigenvalue weighted by molar-refractivity contribution is 0.285. The molecule has 1 N–H and O–H groups in total. The van der Waals surface area contributed by atoms with Crippen molar-refractivity contribution >= 4 is 21.9 Å². The first-order chi connectivity index (χ1) is 8.13. The van der Waals surface area contributed by atoms with Crippen molar-refractivity contribution < 1.29 is 4.74 Å². The summed E-state index contributed by atoms with van der Waals surface area (Å²) in [6.45, 7) is 7.93. The molecule has 0 aliphatic rings. The summed E-state index contributed by atoms with van der Waals surface area (Å²) < 4.78 is 6.43. The van der Waals surface area contributed by atoms with Crippen molar-refractivity contribution in [2.24, 2.45) is 5.92 Å². The molecular formula is C12H20BrN3O. The third-order valence-corrected chi connectivity index (χ3v) is 2.76. The van der Waals surface area contributed by atoms with Gasteiger partial charge < -0.3 is 10.1 Å². The van der Waals surface area contributed by atoms with Gasteiger partial charge in [0.15, 0.2) is 0 Å². The minimum Gasteiger partial charge on any atom is -0.477 e. The van der Waals surface area contributed by atoms with Gasteiger partial charge >= 0.3 is 0 Å². The van der Waals surface area contributed by atoms with Crippen LogP contribution in [0.4, 0.5) is 5.95 Å². The lowest BCUT2D eigenvalue weighted by atomic mass is 10.1. The SMILES string of the molecule is CCNc1ncc(Br)c(OCCCC(C)C)n1. The molecule has 0 fully saturated rings. The molecule has 0 spiro atoms. The summed E-state index contributed by atoms with van der Waals surface area (Å²) in [6.07, 6.45) is 3.93. The lowest BCUT2D eigenvalue weighted by Crippen LogP contribution is -2.06. The van der Waals surface area contributed by atoms with Gasteiger partial charge in [0.05, 0.1) is 17.3 Å². The van der Waals surface area contributed by atoms with Crippen molar-refractivity contribution in [1.82, 2.24) is 9.97 Å². The van der Waals surface area contributed by atoms with Crippen LogP contribution in [-0.4, -0.2) is 23.1 Å². The largest absolute Gasteiger partial charge is 0.477 e. The molecule has 0 amide bonds. The lowest BCUT2D eigenvalue weighted by Gasteiger charge is -2.09. The maximum Gasteiger partial charge on any atom is 0.232 e. The van der Waals surface area contributed by atoms with Crippen LogP contribution in [0, 0.1) is 5.92 Å². The van der Waals surface area contributed by atoms with Gasteiger partial charge in [-0.2, -0.15) is 4.98 Å². The van der Waals surface area contributed by atoms with Crippen LogP contribution in [-0.2, 0) is 0 Å². The molecule has 1 rings (SSSR count). The summed E-state index contributed by atoms with van der Waals surface area (Å²) >= 11 is 3.38. The van der Waals surface area contributed by atoms with Gasteiger partial charge in [-0.1, -0.05) is 13.8 Å². The maximum atomic E-state index is 5.64. The molecule has 1 aromatic heterocycles. The van der Waals surface area contributed by atoms with E-state index in [1.807, 2.05) is 6.92 Å². The Labute approximate surface area is 111 Å². The van der Waals surface area contributed by atoms with Gasteiger partial charge in [-0.3, -0.25) is 0 Å². The molecule has 1 heterocycles. The molecule has 0 saturated heterocycles. The number of halogens is 1. The first-order valence-corrected chi connectivity index (χ1v) is 6.82. The van der Waals surface area contributed by atoms with Gasteiger partial charge in [-0.05, 0) is 41.6 Å². The molecule has 1 aromatic rings. The van der Waals surface area contributed by atoms with Crippen LogP contribution in [0.15, 0.2) is 10.7 Å². The minimum absolute atomic E-state index is 0.606. The molecule has 96 valence electrons. The topological polar surface area (TPSA) is 47.0 Å². The Morgan fingerprint density at radius 1 is 1.47 bits per heavy atom. The third-order valence-electron chi connectivity index (χ3n) is 2.21. The van der Waals surface area contributed by atoms with Gasteiger partial charge in [0, 0.05) is 6.54 Å². The highest BCUT2D eigenvalue weighted by atomic mass is 79.9. The summed E-state index contributed by atoms with van der Waals surface area (Å²) in [6, 6.07) is 0. The number of aromatic nitrogens is 2. The number of nitrogens with zero attached hydrogens (tertiary/aromatic N) is 2. The molecule has 4 nitrogen and oxygen atoms in total. The van der Waals surface area contributed by atoms with Gasteiger partial charge in [-0.15, -0.1) is 0 Å². The van der Waals surface area contributed by atoms with E-state index in [9.17, 15) is 0 Å². The average Bonchev–Trinajstić information content (AvgIpc) is 2.28. The number of nitrogens with one attached hydrogen (secondary N) is 1. The molecule has 0 aliphatic heterocycles. The van der Waals surface area contributed by atoms with Crippen LogP contribution in [0.3, 0.4) is 0 Å².